The lowest BCUT2D eigenvalue weighted by Gasteiger charge is -2.00. The molecule has 0 amide bonds. The van der Waals surface area contributed by atoms with E-state index >= 15 is 0 Å². The van der Waals surface area contributed by atoms with Crippen molar-refractivity contribution in [3.05, 3.63) is 34.1 Å². The van der Waals surface area contributed by atoms with E-state index in [0.717, 1.165) is 0 Å². The maximum atomic E-state index is 12.9. The number of Topliss-reactive ketones (excluding diaryl/α,β-unsaturated/α-hetero) is 1. The highest BCUT2D eigenvalue weighted by molar-refractivity contribution is 6.32. The molecule has 0 radical (unpaired) electrons. The van der Waals surface area contributed by atoms with Gasteiger partial charge in [-0.1, -0.05) is 11.6 Å². The predicted octanol–water partition coefficient (Wildman–Crippen LogP) is 2.61. The minimum atomic E-state index is -0.440. The van der Waals surface area contributed by atoms with Crippen molar-refractivity contribution in [2.45, 2.75) is 12.8 Å². The summed E-state index contributed by atoms with van der Waals surface area (Å²) in [7, 11) is 0. The van der Waals surface area contributed by atoms with E-state index in [2.05, 4.69) is 0 Å². The topological polar surface area (TPSA) is 17.1 Å². The van der Waals surface area contributed by atoms with E-state index in [4.69, 9.17) is 11.6 Å². The molecule has 3 heteroatoms. The third kappa shape index (κ3) is 0.950. The first-order chi connectivity index (χ1) is 5.70. The summed E-state index contributed by atoms with van der Waals surface area (Å²) in [6, 6.07) is 2.75. The summed E-state index contributed by atoms with van der Waals surface area (Å²) in [4.78, 5) is 11.1. The third-order valence-electron chi connectivity index (χ3n) is 2.10. The van der Waals surface area contributed by atoms with Crippen LogP contribution in [-0.4, -0.2) is 5.78 Å². The molecule has 2 rings (SSSR count). The average molecular weight is 185 g/mol. The van der Waals surface area contributed by atoms with Gasteiger partial charge in [-0.05, 0) is 24.1 Å². The van der Waals surface area contributed by atoms with Crippen LogP contribution in [0.1, 0.15) is 22.3 Å². The Bertz CT molecular complexity index is 360. The summed E-state index contributed by atoms with van der Waals surface area (Å²) in [5.41, 5.74) is 1.25. The van der Waals surface area contributed by atoms with Crippen molar-refractivity contribution in [3.63, 3.8) is 0 Å². The van der Waals surface area contributed by atoms with Gasteiger partial charge in [0.25, 0.3) is 0 Å². The van der Waals surface area contributed by atoms with E-state index in [1.807, 2.05) is 0 Å². The van der Waals surface area contributed by atoms with E-state index < -0.39 is 5.82 Å². The maximum absolute atomic E-state index is 12.9. The second kappa shape index (κ2) is 2.56. The molecule has 0 heterocycles. The monoisotopic (exact) mass is 184 g/mol. The minimum absolute atomic E-state index is 0.0619. The summed E-state index contributed by atoms with van der Waals surface area (Å²) in [5, 5.41) is 0.110. The summed E-state index contributed by atoms with van der Waals surface area (Å²) in [5.74, 6) is -0.378. The Kier molecular flexibility index (Phi) is 1.65. The van der Waals surface area contributed by atoms with Gasteiger partial charge < -0.3 is 0 Å². The number of hydrogen-bond donors (Lipinski definition) is 0. The van der Waals surface area contributed by atoms with E-state index in [-0.39, 0.29) is 10.8 Å². The van der Waals surface area contributed by atoms with Crippen LogP contribution in [0.3, 0.4) is 0 Å². The lowest BCUT2D eigenvalue weighted by molar-refractivity contribution is 0.0994. The van der Waals surface area contributed by atoms with Crippen LogP contribution in [0, 0.1) is 5.82 Å². The number of rotatable bonds is 0. The fourth-order valence-corrected chi connectivity index (χ4v) is 1.73. The highest BCUT2D eigenvalue weighted by Gasteiger charge is 2.23. The lowest BCUT2D eigenvalue weighted by Crippen LogP contribution is -1.92. The van der Waals surface area contributed by atoms with E-state index in [0.29, 0.717) is 24.0 Å². The van der Waals surface area contributed by atoms with Crippen LogP contribution in [0.15, 0.2) is 12.1 Å². The molecular weight excluding hydrogens is 179 g/mol. The molecule has 1 aliphatic rings. The molecule has 0 N–H and O–H groups in total. The van der Waals surface area contributed by atoms with Gasteiger partial charge in [-0.15, -0.1) is 0 Å². The fourth-order valence-electron chi connectivity index (χ4n) is 1.47. The minimum Gasteiger partial charge on any atom is -0.294 e. The second-order valence-electron chi connectivity index (χ2n) is 2.81. The Hall–Kier alpha value is -0.890. The van der Waals surface area contributed by atoms with Crippen molar-refractivity contribution < 1.29 is 9.18 Å². The standard InChI is InChI=1S/C9H6ClFO/c10-9-6-2-4-8(12)5(6)1-3-7(9)11/h1,3H,2,4H2. The van der Waals surface area contributed by atoms with Gasteiger partial charge in [0.15, 0.2) is 5.78 Å². The van der Waals surface area contributed by atoms with Crippen molar-refractivity contribution >= 4 is 17.4 Å². The van der Waals surface area contributed by atoms with Gasteiger partial charge in [-0.3, -0.25) is 4.79 Å². The van der Waals surface area contributed by atoms with Gasteiger partial charge in [-0.2, -0.15) is 0 Å². The smallest absolute Gasteiger partial charge is 0.163 e. The number of carbonyl (C=O) groups is 1. The molecule has 0 saturated carbocycles. The molecule has 0 aliphatic heterocycles. The summed E-state index contributed by atoms with van der Waals surface area (Å²) >= 11 is 5.68. The van der Waals surface area contributed by atoms with Gasteiger partial charge in [0, 0.05) is 12.0 Å². The fraction of sp³-hybridized carbons (Fsp3) is 0.222. The number of carbonyl (C=O) groups excluding carboxylic acids is 1. The van der Waals surface area contributed by atoms with Crippen molar-refractivity contribution in [2.75, 3.05) is 0 Å². The molecular formula is C9H6ClFO. The zero-order chi connectivity index (χ0) is 8.72. The van der Waals surface area contributed by atoms with Gasteiger partial charge in [0.2, 0.25) is 0 Å². The molecule has 1 aromatic rings. The zero-order valence-electron chi connectivity index (χ0n) is 6.23. The SMILES string of the molecule is O=C1CCc2c1ccc(F)c2Cl. The Morgan fingerprint density at radius 3 is 2.83 bits per heavy atom. The molecule has 0 unspecified atom stereocenters. The van der Waals surface area contributed by atoms with Crippen molar-refractivity contribution in [3.8, 4) is 0 Å². The number of benzene rings is 1. The first-order valence-electron chi connectivity index (χ1n) is 3.70. The number of fused-ring (bicyclic) bond motifs is 1. The van der Waals surface area contributed by atoms with Crippen molar-refractivity contribution in [1.29, 1.82) is 0 Å². The number of halogens is 2. The molecule has 12 heavy (non-hydrogen) atoms. The Morgan fingerprint density at radius 2 is 2.08 bits per heavy atom. The summed E-state index contributed by atoms with van der Waals surface area (Å²) in [6.45, 7) is 0. The predicted molar refractivity (Wildman–Crippen MR) is 44.1 cm³/mol. The van der Waals surface area contributed by atoms with Crippen LogP contribution in [-0.2, 0) is 6.42 Å². The van der Waals surface area contributed by atoms with Crippen LogP contribution >= 0.6 is 11.6 Å². The zero-order valence-corrected chi connectivity index (χ0v) is 6.99. The average Bonchev–Trinajstić information content (AvgIpc) is 2.41. The van der Waals surface area contributed by atoms with Gasteiger partial charge in [0.05, 0.1) is 5.02 Å². The van der Waals surface area contributed by atoms with Crippen LogP contribution in [0.25, 0.3) is 0 Å². The Balaban J connectivity index is 2.68. The van der Waals surface area contributed by atoms with Crippen LogP contribution in [0.5, 0.6) is 0 Å². The largest absolute Gasteiger partial charge is 0.294 e. The van der Waals surface area contributed by atoms with Gasteiger partial charge >= 0.3 is 0 Å². The Morgan fingerprint density at radius 1 is 1.33 bits per heavy atom. The number of hydrogen-bond acceptors (Lipinski definition) is 1. The van der Waals surface area contributed by atoms with E-state index in [1.165, 1.54) is 12.1 Å². The van der Waals surface area contributed by atoms with Gasteiger partial charge in [0.1, 0.15) is 5.82 Å². The van der Waals surface area contributed by atoms with Crippen molar-refractivity contribution in [1.82, 2.24) is 0 Å². The van der Waals surface area contributed by atoms with Crippen LogP contribution in [0.4, 0.5) is 4.39 Å². The quantitative estimate of drug-likeness (QED) is 0.606. The molecule has 0 saturated heterocycles. The summed E-state index contributed by atoms with van der Waals surface area (Å²) < 4.78 is 12.9. The maximum Gasteiger partial charge on any atom is 0.163 e. The molecule has 0 bridgehead atoms. The van der Waals surface area contributed by atoms with E-state index in [9.17, 15) is 9.18 Å². The molecule has 1 aromatic carbocycles. The highest BCUT2D eigenvalue weighted by Crippen LogP contribution is 2.30. The normalized spacial score (nSPS) is 15.0. The van der Waals surface area contributed by atoms with Gasteiger partial charge in [-0.25, -0.2) is 4.39 Å². The molecule has 0 fully saturated rings. The first kappa shape index (κ1) is 7.74. The third-order valence-corrected chi connectivity index (χ3v) is 2.51. The van der Waals surface area contributed by atoms with Crippen LogP contribution < -0.4 is 0 Å². The molecule has 0 aromatic heterocycles. The van der Waals surface area contributed by atoms with E-state index in [1.54, 1.807) is 0 Å². The summed E-state index contributed by atoms with van der Waals surface area (Å²) in [6.07, 6.45) is 1.03. The molecule has 0 spiro atoms. The first-order valence-corrected chi connectivity index (χ1v) is 4.08. The second-order valence-corrected chi connectivity index (χ2v) is 3.19. The van der Waals surface area contributed by atoms with Crippen LogP contribution in [0.2, 0.25) is 5.02 Å². The van der Waals surface area contributed by atoms with Crippen molar-refractivity contribution in [2.24, 2.45) is 0 Å². The molecule has 0 atom stereocenters. The lowest BCUT2D eigenvalue weighted by atomic mass is 10.1. The highest BCUT2D eigenvalue weighted by atomic mass is 35.5. The molecule has 1 nitrogen and oxygen atoms in total. The molecule has 1 aliphatic carbocycles. The Labute approximate surface area is 74.2 Å². The number of ketones is 1. The molecule has 62 valence electrons.